The Morgan fingerprint density at radius 2 is 1.04 bits per heavy atom. The van der Waals surface area contributed by atoms with Crippen molar-refractivity contribution in [2.24, 2.45) is 0 Å². The van der Waals surface area contributed by atoms with Gasteiger partial charge in [-0.2, -0.15) is 23.5 Å². The van der Waals surface area contributed by atoms with Gasteiger partial charge in [0.25, 0.3) is 0 Å². The second-order valence-corrected chi connectivity index (χ2v) is 7.25. The molecule has 4 heteroatoms. The van der Waals surface area contributed by atoms with Gasteiger partial charge < -0.3 is 0 Å². The van der Waals surface area contributed by atoms with E-state index >= 15 is 0 Å². The molecule has 2 rings (SSSR count). The predicted molar refractivity (Wildman–Crippen MR) is 101 cm³/mol. The molecule has 0 saturated heterocycles. The van der Waals surface area contributed by atoms with Crippen molar-refractivity contribution in [3.05, 3.63) is 71.8 Å². The molecular weight excluding hydrogens is 324 g/mol. The first-order chi connectivity index (χ1) is 11.3. The molecule has 23 heavy (non-hydrogen) atoms. The Bertz CT molecular complexity index is 556. The van der Waals surface area contributed by atoms with Crippen LogP contribution < -0.4 is 0 Å². The van der Waals surface area contributed by atoms with Gasteiger partial charge in [0.05, 0.1) is 11.5 Å². The smallest absolute Gasteiger partial charge is 0.172 e. The quantitative estimate of drug-likeness (QED) is 0.466. The topological polar surface area (TPSA) is 34.1 Å². The van der Waals surface area contributed by atoms with Crippen LogP contribution in [0.25, 0.3) is 0 Å². The Kier molecular flexibility index (Phi) is 7.98. The Labute approximate surface area is 146 Å². The van der Waals surface area contributed by atoms with E-state index in [4.69, 9.17) is 0 Å². The van der Waals surface area contributed by atoms with Gasteiger partial charge in [0, 0.05) is 11.1 Å². The lowest BCUT2D eigenvalue weighted by molar-refractivity contribution is 0.101. The van der Waals surface area contributed by atoms with E-state index in [1.165, 1.54) is 0 Å². The zero-order valence-corrected chi connectivity index (χ0v) is 14.6. The molecule has 0 saturated carbocycles. The Morgan fingerprint density at radius 3 is 1.43 bits per heavy atom. The highest BCUT2D eigenvalue weighted by Crippen LogP contribution is 2.12. The standard InChI is InChI=1S/C19H20O2S2/c20-18(16-8-3-1-4-9-16)14-22-12-7-13-23-15-19(21)17-10-5-2-6-11-17/h1-6,8-11H,7,12-15H2. The van der Waals surface area contributed by atoms with Crippen molar-refractivity contribution in [1.82, 2.24) is 0 Å². The summed E-state index contributed by atoms with van der Waals surface area (Å²) >= 11 is 3.33. The second-order valence-electron chi connectivity index (χ2n) is 5.04. The normalized spacial score (nSPS) is 10.4. The number of carbonyl (C=O) groups is 2. The molecule has 0 aromatic heterocycles. The lowest BCUT2D eigenvalue weighted by Gasteiger charge is -2.03. The number of benzene rings is 2. The number of hydrogen-bond acceptors (Lipinski definition) is 4. The van der Waals surface area contributed by atoms with Crippen LogP contribution in [0, 0.1) is 0 Å². The molecule has 0 amide bonds. The van der Waals surface area contributed by atoms with E-state index in [-0.39, 0.29) is 11.6 Å². The van der Waals surface area contributed by atoms with E-state index in [9.17, 15) is 9.59 Å². The molecule has 0 N–H and O–H groups in total. The van der Waals surface area contributed by atoms with Gasteiger partial charge in [-0.15, -0.1) is 0 Å². The molecule has 2 aromatic rings. The maximum atomic E-state index is 11.9. The summed E-state index contributed by atoms with van der Waals surface area (Å²) in [4.78, 5) is 23.8. The third-order valence-corrected chi connectivity index (χ3v) is 5.32. The summed E-state index contributed by atoms with van der Waals surface area (Å²) in [7, 11) is 0. The van der Waals surface area contributed by atoms with Gasteiger partial charge in [0.1, 0.15) is 0 Å². The third kappa shape index (κ3) is 6.63. The van der Waals surface area contributed by atoms with Gasteiger partial charge in [0.15, 0.2) is 11.6 Å². The average molecular weight is 345 g/mol. The van der Waals surface area contributed by atoms with Crippen LogP contribution >= 0.6 is 23.5 Å². The van der Waals surface area contributed by atoms with Gasteiger partial charge in [-0.3, -0.25) is 9.59 Å². The molecule has 0 fully saturated rings. The van der Waals surface area contributed by atoms with E-state index in [1.54, 1.807) is 23.5 Å². The van der Waals surface area contributed by atoms with Gasteiger partial charge in [-0.05, 0) is 17.9 Å². The average Bonchev–Trinajstić information content (AvgIpc) is 2.62. The molecule has 0 radical (unpaired) electrons. The highest BCUT2D eigenvalue weighted by molar-refractivity contribution is 8.00. The number of hydrogen-bond donors (Lipinski definition) is 0. The fourth-order valence-electron chi connectivity index (χ4n) is 2.01. The lowest BCUT2D eigenvalue weighted by Crippen LogP contribution is -2.04. The molecule has 2 nitrogen and oxygen atoms in total. The van der Waals surface area contributed by atoms with Crippen molar-refractivity contribution in [3.8, 4) is 0 Å². The van der Waals surface area contributed by atoms with Crippen molar-refractivity contribution >= 4 is 35.1 Å². The van der Waals surface area contributed by atoms with E-state index in [0.717, 1.165) is 29.1 Å². The Morgan fingerprint density at radius 1 is 0.652 bits per heavy atom. The predicted octanol–water partition coefficient (Wildman–Crippen LogP) is 4.61. The Balaban J connectivity index is 1.53. The highest BCUT2D eigenvalue weighted by Gasteiger charge is 2.06. The molecule has 0 aliphatic carbocycles. The first-order valence-electron chi connectivity index (χ1n) is 7.59. The van der Waals surface area contributed by atoms with E-state index in [0.29, 0.717) is 11.5 Å². The maximum absolute atomic E-state index is 11.9. The first-order valence-corrected chi connectivity index (χ1v) is 9.90. The molecule has 0 heterocycles. The zero-order chi connectivity index (χ0) is 16.3. The van der Waals surface area contributed by atoms with Crippen LogP contribution in [0.2, 0.25) is 0 Å². The summed E-state index contributed by atoms with van der Waals surface area (Å²) in [6.45, 7) is 0. The van der Waals surface area contributed by atoms with Crippen LogP contribution in [-0.4, -0.2) is 34.6 Å². The first kappa shape index (κ1) is 17.8. The van der Waals surface area contributed by atoms with Crippen molar-refractivity contribution in [2.75, 3.05) is 23.0 Å². The van der Waals surface area contributed by atoms with Crippen LogP contribution in [0.1, 0.15) is 27.1 Å². The molecule has 0 aliphatic heterocycles. The summed E-state index contributed by atoms with van der Waals surface area (Å²) in [6.07, 6.45) is 1.01. The summed E-state index contributed by atoms with van der Waals surface area (Å²) < 4.78 is 0. The van der Waals surface area contributed by atoms with E-state index in [2.05, 4.69) is 0 Å². The summed E-state index contributed by atoms with van der Waals surface area (Å²) in [5.74, 6) is 3.32. The number of ketones is 2. The van der Waals surface area contributed by atoms with E-state index in [1.807, 2.05) is 60.7 Å². The maximum Gasteiger partial charge on any atom is 0.172 e. The summed E-state index contributed by atoms with van der Waals surface area (Å²) in [5.41, 5.74) is 1.56. The SMILES string of the molecule is O=C(CSCCCSCC(=O)c1ccccc1)c1ccccc1. The second kappa shape index (κ2) is 10.3. The molecule has 0 atom stereocenters. The number of carbonyl (C=O) groups excluding carboxylic acids is 2. The number of Topliss-reactive ketones (excluding diaryl/α,β-unsaturated/α-hetero) is 2. The molecule has 0 bridgehead atoms. The van der Waals surface area contributed by atoms with Gasteiger partial charge in [0.2, 0.25) is 0 Å². The van der Waals surface area contributed by atoms with Crippen molar-refractivity contribution < 1.29 is 9.59 Å². The fraction of sp³-hybridized carbons (Fsp3) is 0.263. The monoisotopic (exact) mass is 344 g/mol. The van der Waals surface area contributed by atoms with Crippen LogP contribution in [0.3, 0.4) is 0 Å². The minimum atomic E-state index is 0.183. The number of thioether (sulfide) groups is 2. The molecule has 0 aliphatic rings. The Hall–Kier alpha value is -1.52. The minimum absolute atomic E-state index is 0.183. The van der Waals surface area contributed by atoms with Crippen LogP contribution in [0.5, 0.6) is 0 Å². The highest BCUT2D eigenvalue weighted by atomic mass is 32.2. The van der Waals surface area contributed by atoms with Gasteiger partial charge in [-0.1, -0.05) is 60.7 Å². The molecule has 0 unspecified atom stereocenters. The molecule has 0 spiro atoms. The number of rotatable bonds is 10. The van der Waals surface area contributed by atoms with Crippen molar-refractivity contribution in [3.63, 3.8) is 0 Å². The van der Waals surface area contributed by atoms with Crippen LogP contribution in [-0.2, 0) is 0 Å². The van der Waals surface area contributed by atoms with Gasteiger partial charge in [-0.25, -0.2) is 0 Å². The van der Waals surface area contributed by atoms with Crippen molar-refractivity contribution in [2.45, 2.75) is 6.42 Å². The lowest BCUT2D eigenvalue weighted by atomic mass is 10.2. The summed E-state index contributed by atoms with van der Waals surface area (Å²) in [5, 5.41) is 0. The van der Waals surface area contributed by atoms with E-state index < -0.39 is 0 Å². The van der Waals surface area contributed by atoms with Crippen LogP contribution in [0.15, 0.2) is 60.7 Å². The van der Waals surface area contributed by atoms with Crippen LogP contribution in [0.4, 0.5) is 0 Å². The largest absolute Gasteiger partial charge is 0.293 e. The summed E-state index contributed by atoms with van der Waals surface area (Å²) in [6, 6.07) is 18.8. The molecule has 2 aromatic carbocycles. The minimum Gasteiger partial charge on any atom is -0.293 e. The van der Waals surface area contributed by atoms with Crippen molar-refractivity contribution in [1.29, 1.82) is 0 Å². The third-order valence-electron chi connectivity index (χ3n) is 3.24. The van der Waals surface area contributed by atoms with Gasteiger partial charge >= 0.3 is 0 Å². The molecule has 120 valence electrons. The fourth-order valence-corrected chi connectivity index (χ4v) is 3.88. The zero-order valence-electron chi connectivity index (χ0n) is 12.9. The molecular formula is C19H20O2S2.